The average Bonchev–Trinajstić information content (AvgIpc) is 2.94. The number of anilines is 1. The van der Waals surface area contributed by atoms with E-state index in [-0.39, 0.29) is 11.6 Å². The maximum absolute atomic E-state index is 12.4. The molecule has 0 saturated carbocycles. The fourth-order valence-electron chi connectivity index (χ4n) is 2.67. The Labute approximate surface area is 153 Å². The summed E-state index contributed by atoms with van der Waals surface area (Å²) in [6, 6.07) is 13.6. The number of H-pyrrole nitrogens is 2. The van der Waals surface area contributed by atoms with Crippen molar-refractivity contribution >= 4 is 38.6 Å². The number of fused-ring (bicyclic) bond motifs is 1. The summed E-state index contributed by atoms with van der Waals surface area (Å²) in [6.07, 6.45) is 0. The third-order valence-electron chi connectivity index (χ3n) is 3.94. The van der Waals surface area contributed by atoms with E-state index < -0.39 is 0 Å². The van der Waals surface area contributed by atoms with Crippen molar-refractivity contribution in [3.63, 3.8) is 0 Å². The Balaban J connectivity index is 1.68. The van der Waals surface area contributed by atoms with Crippen LogP contribution in [0.5, 0.6) is 0 Å². The van der Waals surface area contributed by atoms with Gasteiger partial charge in [-0.05, 0) is 40.2 Å². The molecule has 1 amide bonds. The Hall–Kier alpha value is -2.38. The summed E-state index contributed by atoms with van der Waals surface area (Å²) in [5, 5.41) is 2.90. The molecule has 3 N–H and O–H groups in total. The molecule has 3 rings (SSSR count). The highest BCUT2D eigenvalue weighted by atomic mass is 79.9. The van der Waals surface area contributed by atoms with Crippen molar-refractivity contribution in [2.24, 2.45) is 0 Å². The van der Waals surface area contributed by atoms with Gasteiger partial charge in [-0.1, -0.05) is 37.3 Å². The van der Waals surface area contributed by atoms with E-state index in [1.54, 1.807) is 12.1 Å². The molecule has 0 saturated heterocycles. The van der Waals surface area contributed by atoms with Crippen molar-refractivity contribution in [3.05, 3.63) is 63.0 Å². The monoisotopic (exact) mass is 402 g/mol. The van der Waals surface area contributed by atoms with Crippen LogP contribution in [0.15, 0.2) is 51.7 Å². The maximum atomic E-state index is 12.4. The quantitative estimate of drug-likeness (QED) is 0.592. The largest absolute Gasteiger partial charge is 0.324 e. The lowest BCUT2D eigenvalue weighted by Crippen LogP contribution is -2.32. The molecule has 130 valence electrons. The Kier molecular flexibility index (Phi) is 5.35. The molecule has 0 spiro atoms. The van der Waals surface area contributed by atoms with Gasteiger partial charge in [-0.3, -0.25) is 9.69 Å². The average molecular weight is 403 g/mol. The van der Waals surface area contributed by atoms with E-state index in [2.05, 4.69) is 36.1 Å². The molecule has 6 nitrogen and oxygen atoms in total. The standard InChI is InChI=1S/C18H19BrN4O2/c1-2-23(10-12-6-4-3-5-7-12)11-17(24)20-14-9-16-15(8-13(14)19)21-18(25)22-16/h3-9H,2,10-11H2,1H3,(H,20,24)(H2,21,22,25). The van der Waals surface area contributed by atoms with Gasteiger partial charge < -0.3 is 15.3 Å². The minimum Gasteiger partial charge on any atom is -0.324 e. The van der Waals surface area contributed by atoms with Crippen LogP contribution in [-0.2, 0) is 11.3 Å². The first-order chi connectivity index (χ1) is 12.0. The van der Waals surface area contributed by atoms with Crippen molar-refractivity contribution < 1.29 is 4.79 Å². The summed E-state index contributed by atoms with van der Waals surface area (Å²) in [4.78, 5) is 31.2. The van der Waals surface area contributed by atoms with E-state index in [0.29, 0.717) is 23.3 Å². The van der Waals surface area contributed by atoms with E-state index in [9.17, 15) is 9.59 Å². The zero-order valence-corrected chi connectivity index (χ0v) is 15.4. The molecular weight excluding hydrogens is 384 g/mol. The zero-order chi connectivity index (χ0) is 17.8. The van der Waals surface area contributed by atoms with Crippen molar-refractivity contribution in [2.45, 2.75) is 13.5 Å². The minimum atomic E-state index is -0.273. The van der Waals surface area contributed by atoms with Crippen LogP contribution >= 0.6 is 15.9 Å². The number of nitrogens with one attached hydrogen (secondary N) is 3. The number of hydrogen-bond donors (Lipinski definition) is 3. The van der Waals surface area contributed by atoms with Crippen LogP contribution in [0, 0.1) is 0 Å². The lowest BCUT2D eigenvalue weighted by atomic mass is 10.2. The fourth-order valence-corrected chi connectivity index (χ4v) is 3.11. The highest BCUT2D eigenvalue weighted by Crippen LogP contribution is 2.26. The van der Waals surface area contributed by atoms with Crippen LogP contribution in [0.4, 0.5) is 5.69 Å². The van der Waals surface area contributed by atoms with Gasteiger partial charge in [0.2, 0.25) is 5.91 Å². The molecule has 1 aromatic heterocycles. The molecule has 2 aromatic carbocycles. The smallest absolute Gasteiger partial charge is 0.323 e. The third kappa shape index (κ3) is 4.37. The number of amides is 1. The van der Waals surface area contributed by atoms with E-state index in [4.69, 9.17) is 0 Å². The van der Waals surface area contributed by atoms with Crippen LogP contribution in [-0.4, -0.2) is 33.9 Å². The number of benzene rings is 2. The van der Waals surface area contributed by atoms with Crippen LogP contribution < -0.4 is 11.0 Å². The number of nitrogens with zero attached hydrogens (tertiary/aromatic N) is 1. The molecule has 25 heavy (non-hydrogen) atoms. The second-order valence-electron chi connectivity index (χ2n) is 5.79. The molecule has 1 heterocycles. The Morgan fingerprint density at radius 3 is 2.52 bits per heavy atom. The predicted molar refractivity (Wildman–Crippen MR) is 103 cm³/mol. The number of rotatable bonds is 6. The molecule has 0 aliphatic carbocycles. The molecular formula is C18H19BrN4O2. The van der Waals surface area contributed by atoms with Crippen LogP contribution in [0.1, 0.15) is 12.5 Å². The first-order valence-electron chi connectivity index (χ1n) is 8.03. The lowest BCUT2D eigenvalue weighted by molar-refractivity contribution is -0.117. The van der Waals surface area contributed by atoms with Crippen LogP contribution in [0.25, 0.3) is 11.0 Å². The Bertz CT molecular complexity index is 933. The normalized spacial score (nSPS) is 11.2. The first-order valence-corrected chi connectivity index (χ1v) is 8.82. The predicted octanol–water partition coefficient (Wildman–Crippen LogP) is 3.08. The number of imidazole rings is 1. The fraction of sp³-hybridized carbons (Fsp3) is 0.222. The van der Waals surface area contributed by atoms with E-state index >= 15 is 0 Å². The van der Waals surface area contributed by atoms with Gasteiger partial charge in [0.25, 0.3) is 0 Å². The van der Waals surface area contributed by atoms with Crippen molar-refractivity contribution in [3.8, 4) is 0 Å². The SMILES string of the molecule is CCN(CC(=O)Nc1cc2[nH]c(=O)[nH]c2cc1Br)Cc1ccccc1. The molecule has 0 atom stereocenters. The molecule has 0 aliphatic heterocycles. The maximum Gasteiger partial charge on any atom is 0.323 e. The number of aromatic amines is 2. The number of hydrogen-bond acceptors (Lipinski definition) is 3. The van der Waals surface area contributed by atoms with Crippen molar-refractivity contribution in [1.82, 2.24) is 14.9 Å². The second kappa shape index (κ2) is 7.67. The first kappa shape index (κ1) is 17.4. The van der Waals surface area contributed by atoms with E-state index in [0.717, 1.165) is 17.6 Å². The van der Waals surface area contributed by atoms with Gasteiger partial charge in [-0.15, -0.1) is 0 Å². The number of carbonyl (C=O) groups is 1. The summed E-state index contributed by atoms with van der Waals surface area (Å²) >= 11 is 3.43. The third-order valence-corrected chi connectivity index (χ3v) is 4.60. The van der Waals surface area contributed by atoms with E-state index in [1.807, 2.05) is 37.3 Å². The Morgan fingerprint density at radius 1 is 1.16 bits per heavy atom. The molecule has 3 aromatic rings. The number of halogens is 1. The minimum absolute atomic E-state index is 0.101. The van der Waals surface area contributed by atoms with E-state index in [1.165, 1.54) is 5.56 Å². The molecule has 0 aliphatic rings. The molecule has 7 heteroatoms. The summed E-state index contributed by atoms with van der Waals surface area (Å²) in [5.74, 6) is -0.101. The molecule has 0 radical (unpaired) electrons. The van der Waals surface area contributed by atoms with Gasteiger partial charge >= 0.3 is 5.69 Å². The number of aromatic nitrogens is 2. The molecule has 0 unspecified atom stereocenters. The lowest BCUT2D eigenvalue weighted by Gasteiger charge is -2.20. The molecule has 0 fully saturated rings. The van der Waals surface area contributed by atoms with Gasteiger partial charge in [0.05, 0.1) is 23.3 Å². The highest BCUT2D eigenvalue weighted by Gasteiger charge is 2.12. The zero-order valence-electron chi connectivity index (χ0n) is 13.8. The van der Waals surface area contributed by atoms with Crippen molar-refractivity contribution in [1.29, 1.82) is 0 Å². The second-order valence-corrected chi connectivity index (χ2v) is 6.65. The highest BCUT2D eigenvalue weighted by molar-refractivity contribution is 9.10. The van der Waals surface area contributed by atoms with Gasteiger partial charge in [0.1, 0.15) is 0 Å². The Morgan fingerprint density at radius 2 is 1.84 bits per heavy atom. The topological polar surface area (TPSA) is 81.0 Å². The number of carbonyl (C=O) groups excluding carboxylic acids is 1. The summed E-state index contributed by atoms with van der Waals surface area (Å²) in [6.45, 7) is 3.81. The summed E-state index contributed by atoms with van der Waals surface area (Å²) in [5.41, 5.74) is 2.87. The van der Waals surface area contributed by atoms with Crippen molar-refractivity contribution in [2.75, 3.05) is 18.4 Å². The van der Waals surface area contributed by atoms with Gasteiger partial charge in [0, 0.05) is 11.0 Å². The van der Waals surface area contributed by atoms with Gasteiger partial charge in [-0.25, -0.2) is 4.79 Å². The summed E-state index contributed by atoms with van der Waals surface area (Å²) < 4.78 is 0.717. The van der Waals surface area contributed by atoms with Gasteiger partial charge in [0.15, 0.2) is 0 Å². The van der Waals surface area contributed by atoms with Crippen LogP contribution in [0.3, 0.4) is 0 Å². The van der Waals surface area contributed by atoms with Gasteiger partial charge in [-0.2, -0.15) is 0 Å². The van der Waals surface area contributed by atoms with Crippen LogP contribution in [0.2, 0.25) is 0 Å². The molecule has 0 bridgehead atoms. The summed E-state index contributed by atoms with van der Waals surface area (Å²) in [7, 11) is 0. The number of likely N-dealkylation sites (N-methyl/N-ethyl adjacent to an activating group) is 1.